The van der Waals surface area contributed by atoms with Crippen LogP contribution in [0.1, 0.15) is 39.5 Å². The number of aromatic nitrogens is 6. The SMILES string of the molecule is C#CCO.C#CCOC(=O)CCCSSCCN.C#CCOC(=O)CCCSSCCNC(=O)C=C.C#CCOC(=O)n1ccnc1.C=CC(=O)Cl.CC.ClCCl.NCCSSCCN.O=C(n1ccnc1)n1ccnc1.[NH3+]CCSSCC[NH3+]. The molecule has 0 unspecified atom stereocenters. The summed E-state index contributed by atoms with van der Waals surface area (Å²) in [5, 5.41) is 10.0. The van der Waals surface area contributed by atoms with Crippen LogP contribution in [0.5, 0.6) is 0 Å². The van der Waals surface area contributed by atoms with Crippen molar-refractivity contribution in [2.75, 3.05) is 117 Å². The number of halogens is 3. The highest BCUT2D eigenvalue weighted by molar-refractivity contribution is 8.77. The number of ether oxygens (including phenoxy) is 3. The molecule has 0 saturated heterocycles. The second kappa shape index (κ2) is 86.4. The molecule has 0 aromatic carbocycles. The van der Waals surface area contributed by atoms with Crippen LogP contribution in [0.2, 0.25) is 0 Å². The van der Waals surface area contributed by atoms with Crippen LogP contribution in [0.25, 0.3) is 0 Å². The number of carbonyl (C=O) groups excluding carboxylic acids is 6. The maximum atomic E-state index is 11.4. The van der Waals surface area contributed by atoms with Gasteiger partial charge in [0.1, 0.15) is 25.6 Å². The van der Waals surface area contributed by atoms with Gasteiger partial charge < -0.3 is 53.3 Å². The van der Waals surface area contributed by atoms with Crippen molar-refractivity contribution < 1.29 is 59.6 Å². The largest absolute Gasteiger partial charge is 0.452 e. The first-order valence-corrected chi connectivity index (χ1v) is 36.4. The first-order valence-electron chi connectivity index (χ1n) is 25.0. The number of amides is 1. The highest BCUT2D eigenvalue weighted by Crippen LogP contribution is 2.22. The van der Waals surface area contributed by atoms with Crippen LogP contribution in [0.3, 0.4) is 0 Å². The van der Waals surface area contributed by atoms with E-state index in [0.717, 1.165) is 79.6 Å². The fourth-order valence-corrected chi connectivity index (χ4v) is 10.9. The average molecular weight is 1400 g/mol. The zero-order valence-corrected chi connectivity index (χ0v) is 57.0. The van der Waals surface area contributed by atoms with Crippen molar-refractivity contribution in [1.82, 2.24) is 34.0 Å². The van der Waals surface area contributed by atoms with Gasteiger partial charge in [-0.3, -0.25) is 28.3 Å². The van der Waals surface area contributed by atoms with Gasteiger partial charge >= 0.3 is 24.1 Å². The van der Waals surface area contributed by atoms with Crippen molar-refractivity contribution >= 4 is 156 Å². The third-order valence-electron chi connectivity index (χ3n) is 6.61. The molecule has 0 atom stereocenters. The summed E-state index contributed by atoms with van der Waals surface area (Å²) in [5.74, 6) is 16.0. The molecule has 3 heterocycles. The first kappa shape index (κ1) is 94.7. The smallest absolute Gasteiger partial charge is 0.420 e. The predicted octanol–water partition coefficient (Wildman–Crippen LogP) is 6.14. The molecule has 0 fully saturated rings. The predicted molar refractivity (Wildman–Crippen MR) is 367 cm³/mol. The van der Waals surface area contributed by atoms with Crippen molar-refractivity contribution in [1.29, 1.82) is 0 Å². The van der Waals surface area contributed by atoms with E-state index in [2.05, 4.69) is 73.8 Å². The lowest BCUT2D eigenvalue weighted by molar-refractivity contribution is -0.360. The molecular weight excluding hydrogens is 1320 g/mol. The van der Waals surface area contributed by atoms with Crippen LogP contribution < -0.4 is 34.0 Å². The summed E-state index contributed by atoms with van der Waals surface area (Å²) in [6.07, 6.45) is 37.0. The summed E-state index contributed by atoms with van der Waals surface area (Å²) in [4.78, 5) is 75.7. The van der Waals surface area contributed by atoms with Crippen LogP contribution in [-0.2, 0) is 33.4 Å². The Morgan fingerprint density at radius 2 is 0.929 bits per heavy atom. The summed E-state index contributed by atoms with van der Waals surface area (Å²) >= 11 is 14.2. The van der Waals surface area contributed by atoms with E-state index in [1.807, 2.05) is 41.4 Å². The van der Waals surface area contributed by atoms with E-state index in [0.29, 0.717) is 25.9 Å². The van der Waals surface area contributed by atoms with E-state index in [1.165, 1.54) is 62.7 Å². The van der Waals surface area contributed by atoms with E-state index >= 15 is 0 Å². The molecule has 0 radical (unpaired) electrons. The molecule has 480 valence electrons. The monoisotopic (exact) mass is 1400 g/mol. The maximum absolute atomic E-state index is 11.4. The number of carbonyl (C=O) groups is 6. The van der Waals surface area contributed by atoms with Gasteiger partial charge in [-0.15, -0.1) is 48.9 Å². The van der Waals surface area contributed by atoms with Gasteiger partial charge in [-0.1, -0.05) is 137 Å². The highest BCUT2D eigenvalue weighted by atomic mass is 35.5. The number of rotatable bonds is 30. The van der Waals surface area contributed by atoms with Gasteiger partial charge in [-0.2, -0.15) is 0 Å². The number of esters is 2. The molecule has 0 aliphatic carbocycles. The third-order valence-corrected chi connectivity index (χ3v) is 16.8. The Kier molecular flexibility index (Phi) is 96.3. The standard InChI is InChI=1S/C12H17NO3S2.C9H15NO2S2.C7H6N4O.C7H6N2O2.2C4H12N2S2.C3H3ClO.C3H4O.C2H6.CH2Cl2/c1-3-8-16-12(15)6-5-9-17-18-10-7-13-11(14)4-2;1-2-6-12-9(11)4-3-7-13-14-8-5-10;12-7(10-3-1-8-5-10)11-4-2-9-6-11;1-2-5-11-7(10)9-4-3-8-6-9;2*5-1-3-7-8-4-2-6;1-2-3(4)5;1-2-3-4;1-2;2-1-3/h1,4H,2,5-10H2,(H,13,14);1H,3-8,10H2;1-6H;1,3-4,6H,5H2;2*1-6H2;2H,1H2;1,4H,3H2;1-2H3;1H2/p+2. The van der Waals surface area contributed by atoms with E-state index in [4.69, 9.17) is 85.9 Å². The molecule has 0 saturated carbocycles. The Morgan fingerprint density at radius 1 is 0.600 bits per heavy atom. The summed E-state index contributed by atoms with van der Waals surface area (Å²) in [6.45, 7) is 15.3. The fraction of sp³-hybridized carbons (Fsp3) is 0.481. The number of hydrogen-bond acceptors (Lipinski definition) is 24. The van der Waals surface area contributed by atoms with Crippen molar-refractivity contribution in [3.05, 3.63) is 81.5 Å². The lowest BCUT2D eigenvalue weighted by Crippen LogP contribution is -2.51. The van der Waals surface area contributed by atoms with Gasteiger partial charge in [-0.25, -0.2) is 29.1 Å². The molecule has 14 N–H and O–H groups in total. The number of imidazole rings is 3. The fourth-order valence-electron chi connectivity index (χ4n) is 3.38. The van der Waals surface area contributed by atoms with Gasteiger partial charge in [0.05, 0.1) is 29.9 Å². The molecule has 1 amide bonds. The Hall–Kier alpha value is -4.00. The Labute approximate surface area is 550 Å². The van der Waals surface area contributed by atoms with E-state index in [9.17, 15) is 28.8 Å². The van der Waals surface area contributed by atoms with Crippen LogP contribution >= 0.6 is 121 Å². The van der Waals surface area contributed by atoms with E-state index < -0.39 is 11.3 Å². The van der Waals surface area contributed by atoms with Crippen molar-refractivity contribution in [3.8, 4) is 49.4 Å². The maximum Gasteiger partial charge on any atom is 0.420 e. The minimum atomic E-state index is -0.513. The van der Waals surface area contributed by atoms with E-state index in [1.54, 1.807) is 89.6 Å². The highest BCUT2D eigenvalue weighted by Gasteiger charge is 2.05. The molecule has 0 spiro atoms. The van der Waals surface area contributed by atoms with Crippen molar-refractivity contribution in [3.63, 3.8) is 0 Å². The molecule has 33 heteroatoms. The zero-order chi connectivity index (χ0) is 65.7. The number of terminal acetylenes is 4. The summed E-state index contributed by atoms with van der Waals surface area (Å²) < 4.78 is 18.0. The zero-order valence-electron chi connectivity index (χ0n) is 48.2. The lowest BCUT2D eigenvalue weighted by Gasteiger charge is -2.02. The number of quaternary nitrogens is 2. The summed E-state index contributed by atoms with van der Waals surface area (Å²) in [7, 11) is 14.2. The second-order valence-electron chi connectivity index (χ2n) is 13.0. The Balaban J connectivity index is -0.000000167. The molecule has 3 aromatic rings. The number of aliphatic hydroxyl groups is 1. The number of nitrogens with one attached hydrogen (secondary N) is 1. The van der Waals surface area contributed by atoms with Gasteiger partial charge in [0, 0.05) is 111 Å². The molecule has 22 nitrogen and oxygen atoms in total. The number of nitrogens with two attached hydrogens (primary N) is 3. The molecule has 3 rings (SSSR count). The molecular formula is C52H85Cl3N12O10S8+2. The van der Waals surface area contributed by atoms with Gasteiger partial charge in [-0.05, 0) is 36.6 Å². The minimum Gasteiger partial charge on any atom is -0.452 e. The van der Waals surface area contributed by atoms with Crippen LogP contribution in [0.4, 0.5) is 9.59 Å². The Bertz CT molecular complexity index is 2100. The minimum absolute atomic E-state index is 0.0169. The average Bonchev–Trinajstić information content (AvgIpc) is 4.59. The number of alkyl halides is 2. The quantitative estimate of drug-likeness (QED) is 0.00576. The first-order chi connectivity index (χ1) is 41.2. The summed E-state index contributed by atoms with van der Waals surface area (Å²) in [5.41, 5.74) is 23.3. The molecule has 3 aromatic heterocycles. The van der Waals surface area contributed by atoms with Crippen LogP contribution in [0.15, 0.2) is 81.5 Å². The van der Waals surface area contributed by atoms with Gasteiger partial charge in [0.15, 0.2) is 19.8 Å². The van der Waals surface area contributed by atoms with Crippen molar-refractivity contribution in [2.24, 2.45) is 17.2 Å². The lowest BCUT2D eigenvalue weighted by atomic mass is 10.3. The number of hydrogen-bond donors (Lipinski definition) is 7. The Morgan fingerprint density at radius 3 is 1.22 bits per heavy atom. The number of aliphatic hydroxyl groups excluding tert-OH is 1. The third kappa shape index (κ3) is 86.5. The van der Waals surface area contributed by atoms with Crippen LogP contribution in [0, 0.1) is 49.4 Å². The normalized spacial score (nSPS) is 8.79. The molecule has 0 aliphatic rings. The number of allylic oxidation sites excluding steroid dienone is 1. The van der Waals surface area contributed by atoms with Gasteiger partial charge in [0.2, 0.25) is 11.1 Å². The van der Waals surface area contributed by atoms with Gasteiger partial charge in [0.25, 0.3) is 0 Å². The van der Waals surface area contributed by atoms with Crippen LogP contribution in [-0.4, -0.2) is 186 Å². The second-order valence-corrected chi connectivity index (χ2v) is 25.0. The molecule has 0 bridgehead atoms. The molecule has 0 aliphatic heterocycles. The van der Waals surface area contributed by atoms with E-state index in [-0.39, 0.29) is 55.6 Å². The number of nitrogens with zero attached hydrogens (tertiary/aromatic N) is 6. The summed E-state index contributed by atoms with van der Waals surface area (Å²) in [6, 6.07) is -0.190. The topological polar surface area (TPSA) is 349 Å². The van der Waals surface area contributed by atoms with Crippen molar-refractivity contribution in [2.45, 2.75) is 39.5 Å². The molecule has 85 heavy (non-hydrogen) atoms.